The first-order valence-corrected chi connectivity index (χ1v) is 17.5. The second kappa shape index (κ2) is 13.7. The van der Waals surface area contributed by atoms with Gasteiger partial charge in [0.1, 0.15) is 11.8 Å². The Kier molecular flexibility index (Phi) is 9.28. The molecule has 5 atom stereocenters. The molecular weight excluding hydrogens is 660 g/mol. The first-order valence-electron chi connectivity index (χ1n) is 17.0. The first-order chi connectivity index (χ1) is 24.2. The van der Waals surface area contributed by atoms with Gasteiger partial charge in [-0.15, -0.1) is 11.6 Å². The third kappa shape index (κ3) is 5.60. The number of likely N-dealkylation sites (N-methyl/N-ethyl adjacent to an activating group) is 1. The van der Waals surface area contributed by atoms with E-state index in [1.165, 1.54) is 0 Å². The van der Waals surface area contributed by atoms with Gasteiger partial charge in [-0.3, -0.25) is 19.4 Å². The number of alkyl halides is 1. The van der Waals surface area contributed by atoms with Gasteiger partial charge in [0.05, 0.1) is 31.7 Å². The van der Waals surface area contributed by atoms with Crippen LogP contribution in [0.25, 0.3) is 0 Å². The molecule has 11 nitrogen and oxygen atoms in total. The number of aromatic hydroxyl groups is 1. The lowest BCUT2D eigenvalue weighted by atomic mass is 9.71. The van der Waals surface area contributed by atoms with Crippen LogP contribution in [0.4, 0.5) is 0 Å². The number of nitriles is 1. The topological polar surface area (TPSA) is 134 Å². The summed E-state index contributed by atoms with van der Waals surface area (Å²) in [6.45, 7) is 3.89. The number of rotatable bonds is 9. The van der Waals surface area contributed by atoms with Gasteiger partial charge < -0.3 is 29.4 Å². The number of nitrogens with one attached hydrogen (secondary N) is 1. The number of carbonyl (C=O) groups is 2. The minimum absolute atomic E-state index is 0.0165. The van der Waals surface area contributed by atoms with E-state index in [0.29, 0.717) is 47.8 Å². The number of methoxy groups -OCH3 is 1. The number of esters is 1. The summed E-state index contributed by atoms with van der Waals surface area (Å²) in [6, 6.07) is 12.4. The molecule has 3 aromatic rings. The Hall–Kier alpha value is -4.50. The van der Waals surface area contributed by atoms with Crippen LogP contribution in [0, 0.1) is 25.2 Å². The maximum absolute atomic E-state index is 13.4. The molecule has 7 rings (SSSR count). The molecule has 0 spiro atoms. The van der Waals surface area contributed by atoms with Gasteiger partial charge in [0.25, 0.3) is 0 Å². The quantitative estimate of drug-likeness (QED) is 0.182. The number of piperazine rings is 1. The van der Waals surface area contributed by atoms with Gasteiger partial charge in [0, 0.05) is 53.2 Å². The van der Waals surface area contributed by atoms with Crippen LogP contribution in [0.3, 0.4) is 0 Å². The average Bonchev–Trinajstić information content (AvgIpc) is 3.59. The van der Waals surface area contributed by atoms with Crippen molar-refractivity contribution < 1.29 is 33.6 Å². The van der Waals surface area contributed by atoms with Crippen molar-refractivity contribution in [3.63, 3.8) is 0 Å². The van der Waals surface area contributed by atoms with Crippen LogP contribution in [0.2, 0.25) is 0 Å². The van der Waals surface area contributed by atoms with E-state index in [-0.39, 0.29) is 61.8 Å². The molecule has 1 unspecified atom stereocenters. The molecule has 1 amide bonds. The Morgan fingerprint density at radius 3 is 2.56 bits per heavy atom. The van der Waals surface area contributed by atoms with E-state index in [9.17, 15) is 20.0 Å². The highest BCUT2D eigenvalue weighted by Gasteiger charge is 2.56. The predicted molar refractivity (Wildman–Crippen MR) is 185 cm³/mol. The molecule has 4 aliphatic heterocycles. The summed E-state index contributed by atoms with van der Waals surface area (Å²) in [5, 5.41) is 25.8. The Morgan fingerprint density at radius 2 is 1.84 bits per heavy atom. The fraction of sp³-hybridized carbons (Fsp3) is 0.447. The maximum Gasteiger partial charge on any atom is 0.312 e. The van der Waals surface area contributed by atoms with Crippen molar-refractivity contribution >= 4 is 23.5 Å². The molecule has 262 valence electrons. The molecule has 0 aliphatic carbocycles. The van der Waals surface area contributed by atoms with E-state index >= 15 is 0 Å². The number of amides is 1. The fourth-order valence-electron chi connectivity index (χ4n) is 8.61. The van der Waals surface area contributed by atoms with Crippen molar-refractivity contribution in [2.75, 3.05) is 33.4 Å². The molecule has 12 heteroatoms. The van der Waals surface area contributed by atoms with Crippen LogP contribution in [-0.2, 0) is 28.9 Å². The number of hydrogen-bond acceptors (Lipinski definition) is 10. The highest BCUT2D eigenvalue weighted by molar-refractivity contribution is 6.18. The van der Waals surface area contributed by atoms with E-state index in [1.807, 2.05) is 57.3 Å². The maximum atomic E-state index is 13.4. The molecule has 0 aromatic heterocycles. The second-order valence-electron chi connectivity index (χ2n) is 13.5. The minimum atomic E-state index is -0.583. The highest BCUT2D eigenvalue weighted by atomic mass is 35.5. The molecular formula is C38H41ClN4O7. The van der Waals surface area contributed by atoms with Crippen molar-refractivity contribution in [1.82, 2.24) is 15.1 Å². The van der Waals surface area contributed by atoms with Crippen LogP contribution in [-0.4, -0.2) is 78.3 Å². The molecule has 50 heavy (non-hydrogen) atoms. The lowest BCUT2D eigenvalue weighted by molar-refractivity contribution is -0.134. The SMILES string of the molecule is COc1c(C)cc2c(c1O)[C@H]1C3Cc4c(OC(=O)CCCl)c(C)c5c(c4[C@H](CNC(=O)CCc4ccccc4)N3[C@@H](C#N)[C@@H](C2)N1C)OCO5. The van der Waals surface area contributed by atoms with Gasteiger partial charge in [0.2, 0.25) is 12.7 Å². The Labute approximate surface area is 296 Å². The highest BCUT2D eigenvalue weighted by Crippen LogP contribution is 2.58. The monoisotopic (exact) mass is 700 g/mol. The van der Waals surface area contributed by atoms with Gasteiger partial charge >= 0.3 is 5.97 Å². The molecule has 0 saturated carbocycles. The number of aryl methyl sites for hydroxylation is 2. The van der Waals surface area contributed by atoms with Crippen molar-refractivity contribution in [2.24, 2.45) is 0 Å². The zero-order valence-corrected chi connectivity index (χ0v) is 29.4. The van der Waals surface area contributed by atoms with Gasteiger partial charge in [-0.1, -0.05) is 36.4 Å². The van der Waals surface area contributed by atoms with Crippen LogP contribution in [0.1, 0.15) is 63.9 Å². The van der Waals surface area contributed by atoms with Gasteiger partial charge in [0.15, 0.2) is 23.0 Å². The average molecular weight is 701 g/mol. The van der Waals surface area contributed by atoms with Crippen LogP contribution in [0.5, 0.6) is 28.7 Å². The number of phenols is 1. The molecule has 2 bridgehead atoms. The lowest BCUT2D eigenvalue weighted by Crippen LogP contribution is -2.68. The number of hydrogen-bond donors (Lipinski definition) is 2. The number of fused-ring (bicyclic) bond motifs is 9. The molecule has 4 aliphatic rings. The number of nitrogens with zero attached hydrogens (tertiary/aromatic N) is 3. The number of benzene rings is 3. The van der Waals surface area contributed by atoms with Crippen LogP contribution < -0.4 is 24.3 Å². The molecule has 0 radical (unpaired) electrons. The number of phenolic OH excluding ortho intramolecular Hbond substituents is 1. The zero-order valence-electron chi connectivity index (χ0n) is 28.6. The molecule has 1 saturated heterocycles. The van der Waals surface area contributed by atoms with E-state index < -0.39 is 18.1 Å². The largest absolute Gasteiger partial charge is 0.504 e. The number of halogens is 1. The molecule has 1 fully saturated rings. The summed E-state index contributed by atoms with van der Waals surface area (Å²) in [5.74, 6) is 1.37. The second-order valence-corrected chi connectivity index (χ2v) is 13.8. The molecule has 4 heterocycles. The molecule has 2 N–H and O–H groups in total. The van der Waals surface area contributed by atoms with Gasteiger partial charge in [-0.25, -0.2) is 0 Å². The third-order valence-corrected chi connectivity index (χ3v) is 10.9. The minimum Gasteiger partial charge on any atom is -0.504 e. The number of ether oxygens (including phenoxy) is 4. The number of carbonyl (C=O) groups excluding carboxylic acids is 2. The normalized spacial score (nSPS) is 23.2. The Morgan fingerprint density at radius 1 is 1.08 bits per heavy atom. The van der Waals surface area contributed by atoms with Gasteiger partial charge in [-0.2, -0.15) is 5.26 Å². The summed E-state index contributed by atoms with van der Waals surface area (Å²) in [4.78, 5) is 30.8. The smallest absolute Gasteiger partial charge is 0.312 e. The lowest BCUT2D eigenvalue weighted by Gasteiger charge is -2.60. The summed E-state index contributed by atoms with van der Waals surface area (Å²) in [5.41, 5.74) is 5.71. The van der Waals surface area contributed by atoms with Crippen molar-refractivity contribution in [1.29, 1.82) is 5.26 Å². The standard InChI is InChI=1S/C38H41ClN4O7/c1-20-14-23-15-25-27(17-40)43-26(33(42(25)3)31(23)34(46)35(20)47-4)16-24-32(28(43)18-41-29(44)11-10-22-8-6-5-7-9-22)38-37(48-19-49-38)21(2)36(24)50-30(45)12-13-39/h5-9,14,25-28,33,46H,10-13,15-16,18-19H2,1-4H3,(H,41,44)/t25-,26?,27+,28+,33-/m1/s1. The van der Waals surface area contributed by atoms with Crippen molar-refractivity contribution in [3.05, 3.63) is 75.3 Å². The fourth-order valence-corrected chi connectivity index (χ4v) is 8.77. The summed E-state index contributed by atoms with van der Waals surface area (Å²) in [7, 11) is 3.54. The molecule has 3 aromatic carbocycles. The van der Waals surface area contributed by atoms with E-state index in [2.05, 4.69) is 21.2 Å². The summed E-state index contributed by atoms with van der Waals surface area (Å²) in [6.07, 6.45) is 1.79. The van der Waals surface area contributed by atoms with E-state index in [0.717, 1.165) is 33.4 Å². The van der Waals surface area contributed by atoms with Crippen LogP contribution in [0.15, 0.2) is 36.4 Å². The Balaban J connectivity index is 1.37. The third-order valence-electron chi connectivity index (χ3n) is 10.8. The van der Waals surface area contributed by atoms with Gasteiger partial charge in [-0.05, 0) is 56.8 Å². The Bertz CT molecular complexity index is 1880. The van der Waals surface area contributed by atoms with Crippen molar-refractivity contribution in [2.45, 2.75) is 76.2 Å². The summed E-state index contributed by atoms with van der Waals surface area (Å²) >= 11 is 5.93. The van der Waals surface area contributed by atoms with E-state index in [1.54, 1.807) is 7.11 Å². The summed E-state index contributed by atoms with van der Waals surface area (Å²) < 4.78 is 23.8. The first kappa shape index (κ1) is 34.0. The zero-order chi connectivity index (χ0) is 35.3. The predicted octanol–water partition coefficient (Wildman–Crippen LogP) is 4.80. The van der Waals surface area contributed by atoms with Crippen LogP contribution >= 0.6 is 11.6 Å². The van der Waals surface area contributed by atoms with E-state index in [4.69, 9.17) is 30.5 Å². The van der Waals surface area contributed by atoms with Crippen molar-refractivity contribution in [3.8, 4) is 34.8 Å².